The van der Waals surface area contributed by atoms with E-state index < -0.39 is 0 Å². The minimum atomic E-state index is -0.289. The third kappa shape index (κ3) is 3.94. The predicted octanol–water partition coefficient (Wildman–Crippen LogP) is 2.14. The first-order valence-corrected chi connectivity index (χ1v) is 7.79. The fourth-order valence-corrected chi connectivity index (χ4v) is 2.72. The summed E-state index contributed by atoms with van der Waals surface area (Å²) in [6.07, 6.45) is 4.13. The van der Waals surface area contributed by atoms with Gasteiger partial charge in [0.05, 0.1) is 11.7 Å². The average Bonchev–Trinajstić information content (AvgIpc) is 2.52. The fraction of sp³-hybridized carbons (Fsp3) is 0.625. The monoisotopic (exact) mass is 291 g/mol. The fourth-order valence-electron chi connectivity index (χ4n) is 2.72. The molecule has 5 heteroatoms. The maximum absolute atomic E-state index is 12.6. The average molecular weight is 291 g/mol. The van der Waals surface area contributed by atoms with Crippen molar-refractivity contribution >= 4 is 11.7 Å². The quantitative estimate of drug-likeness (QED) is 0.872. The van der Waals surface area contributed by atoms with Crippen LogP contribution < -0.4 is 5.32 Å². The topological polar surface area (TPSA) is 65.5 Å². The van der Waals surface area contributed by atoms with E-state index in [1.54, 1.807) is 12.3 Å². The molecular formula is C16H25N3O2. The summed E-state index contributed by atoms with van der Waals surface area (Å²) < 4.78 is 0. The second-order valence-corrected chi connectivity index (χ2v) is 5.70. The Balaban J connectivity index is 2.04. The van der Waals surface area contributed by atoms with E-state index in [1.165, 1.54) is 0 Å². The molecule has 0 aromatic carbocycles. The van der Waals surface area contributed by atoms with E-state index in [0.29, 0.717) is 30.4 Å². The summed E-state index contributed by atoms with van der Waals surface area (Å²) in [5, 5.41) is 12.8. The van der Waals surface area contributed by atoms with Crippen molar-refractivity contribution < 1.29 is 9.90 Å². The highest BCUT2D eigenvalue weighted by atomic mass is 16.3. The number of nitrogens with one attached hydrogen (secondary N) is 1. The molecule has 0 bridgehead atoms. The van der Waals surface area contributed by atoms with Gasteiger partial charge in [-0.3, -0.25) is 4.79 Å². The number of carbonyl (C=O) groups excluding carboxylic acids is 1. The van der Waals surface area contributed by atoms with Crippen molar-refractivity contribution in [1.82, 2.24) is 9.88 Å². The predicted molar refractivity (Wildman–Crippen MR) is 83.3 cm³/mol. The van der Waals surface area contributed by atoms with Crippen LogP contribution in [-0.4, -0.2) is 46.6 Å². The Morgan fingerprint density at radius 2 is 2.24 bits per heavy atom. The van der Waals surface area contributed by atoms with Gasteiger partial charge in [-0.05, 0) is 44.2 Å². The summed E-state index contributed by atoms with van der Waals surface area (Å²) in [7, 11) is 0. The van der Waals surface area contributed by atoms with Crippen LogP contribution in [-0.2, 0) is 0 Å². The zero-order valence-corrected chi connectivity index (χ0v) is 12.9. The maximum atomic E-state index is 12.6. The molecule has 2 heterocycles. The first kappa shape index (κ1) is 15.8. The molecule has 2 N–H and O–H groups in total. The molecule has 0 aliphatic carbocycles. The standard InChI is InChI=1S/C16H25N3O2/c1-3-8-17-15-14(5-4-9-18-15)16(21)19-10-6-13(7-11-19)12(2)20/h4-5,9,12-13,20H,3,6-8,10-11H2,1-2H3,(H,17,18). The third-order valence-electron chi connectivity index (χ3n) is 4.09. The minimum absolute atomic E-state index is 0.0331. The van der Waals surface area contributed by atoms with Gasteiger partial charge in [-0.25, -0.2) is 4.98 Å². The Kier molecular flexibility index (Phi) is 5.56. The molecule has 1 aliphatic rings. The van der Waals surface area contributed by atoms with Gasteiger partial charge in [0.15, 0.2) is 0 Å². The number of anilines is 1. The molecule has 1 atom stereocenters. The van der Waals surface area contributed by atoms with Crippen molar-refractivity contribution in [3.63, 3.8) is 0 Å². The lowest BCUT2D eigenvalue weighted by Gasteiger charge is -2.33. The van der Waals surface area contributed by atoms with Gasteiger partial charge in [0.25, 0.3) is 5.91 Å². The number of aliphatic hydroxyl groups excluding tert-OH is 1. The van der Waals surface area contributed by atoms with Crippen molar-refractivity contribution in [2.24, 2.45) is 5.92 Å². The lowest BCUT2D eigenvalue weighted by Crippen LogP contribution is -2.41. The molecule has 2 rings (SSSR count). The number of carbonyl (C=O) groups is 1. The number of likely N-dealkylation sites (tertiary alicyclic amines) is 1. The summed E-state index contributed by atoms with van der Waals surface area (Å²) in [5.74, 6) is 1.01. The second-order valence-electron chi connectivity index (χ2n) is 5.70. The maximum Gasteiger partial charge on any atom is 0.257 e. The highest BCUT2D eigenvalue weighted by Crippen LogP contribution is 2.23. The smallest absolute Gasteiger partial charge is 0.257 e. The number of nitrogens with zero attached hydrogens (tertiary/aromatic N) is 2. The molecule has 1 unspecified atom stereocenters. The molecule has 0 radical (unpaired) electrons. The molecule has 1 aromatic heterocycles. The van der Waals surface area contributed by atoms with E-state index in [0.717, 1.165) is 25.8 Å². The minimum Gasteiger partial charge on any atom is -0.393 e. The Hall–Kier alpha value is -1.62. The van der Waals surface area contributed by atoms with Crippen molar-refractivity contribution in [1.29, 1.82) is 0 Å². The van der Waals surface area contributed by atoms with E-state index in [9.17, 15) is 9.90 Å². The van der Waals surface area contributed by atoms with Crippen molar-refractivity contribution in [2.45, 2.75) is 39.2 Å². The molecule has 21 heavy (non-hydrogen) atoms. The number of hydrogen-bond acceptors (Lipinski definition) is 4. The highest BCUT2D eigenvalue weighted by Gasteiger charge is 2.27. The molecule has 1 amide bonds. The van der Waals surface area contributed by atoms with E-state index in [2.05, 4.69) is 17.2 Å². The van der Waals surface area contributed by atoms with Crippen LogP contribution in [0.4, 0.5) is 5.82 Å². The second kappa shape index (κ2) is 7.41. The van der Waals surface area contributed by atoms with Crippen molar-refractivity contribution in [3.05, 3.63) is 23.9 Å². The highest BCUT2D eigenvalue weighted by molar-refractivity contribution is 5.98. The number of piperidine rings is 1. The molecule has 116 valence electrons. The van der Waals surface area contributed by atoms with Crippen LogP contribution >= 0.6 is 0 Å². The Morgan fingerprint density at radius 1 is 1.52 bits per heavy atom. The lowest BCUT2D eigenvalue weighted by molar-refractivity contribution is 0.0522. The van der Waals surface area contributed by atoms with E-state index in [-0.39, 0.29) is 12.0 Å². The zero-order chi connectivity index (χ0) is 15.2. The van der Waals surface area contributed by atoms with Gasteiger partial charge in [-0.1, -0.05) is 6.92 Å². The summed E-state index contributed by atoms with van der Waals surface area (Å²) >= 11 is 0. The Morgan fingerprint density at radius 3 is 2.86 bits per heavy atom. The molecular weight excluding hydrogens is 266 g/mol. The Labute approximate surface area is 126 Å². The van der Waals surface area contributed by atoms with Crippen molar-refractivity contribution in [3.8, 4) is 0 Å². The molecule has 1 aromatic rings. The number of pyridine rings is 1. The van der Waals surface area contributed by atoms with Crippen LogP contribution in [0.5, 0.6) is 0 Å². The van der Waals surface area contributed by atoms with Gasteiger partial charge >= 0.3 is 0 Å². The summed E-state index contributed by atoms with van der Waals surface area (Å²) in [5.41, 5.74) is 0.640. The Bertz CT molecular complexity index is 468. The van der Waals surface area contributed by atoms with E-state index in [1.807, 2.05) is 17.9 Å². The normalized spacial score (nSPS) is 17.6. The molecule has 5 nitrogen and oxygen atoms in total. The summed E-state index contributed by atoms with van der Waals surface area (Å²) in [6.45, 7) is 6.13. The largest absolute Gasteiger partial charge is 0.393 e. The van der Waals surface area contributed by atoms with Gasteiger partial charge in [0, 0.05) is 25.8 Å². The summed E-state index contributed by atoms with van der Waals surface area (Å²) in [4.78, 5) is 18.8. The van der Waals surface area contributed by atoms with Gasteiger partial charge in [-0.2, -0.15) is 0 Å². The molecule has 0 saturated carbocycles. The number of aromatic nitrogens is 1. The van der Waals surface area contributed by atoms with Gasteiger partial charge in [-0.15, -0.1) is 0 Å². The van der Waals surface area contributed by atoms with Crippen LogP contribution in [0.2, 0.25) is 0 Å². The number of rotatable bonds is 5. The van der Waals surface area contributed by atoms with Crippen LogP contribution in [0.15, 0.2) is 18.3 Å². The molecule has 1 fully saturated rings. The van der Waals surface area contributed by atoms with Gasteiger partial charge in [0.1, 0.15) is 5.82 Å². The first-order valence-electron chi connectivity index (χ1n) is 7.79. The van der Waals surface area contributed by atoms with Gasteiger partial charge in [0.2, 0.25) is 0 Å². The summed E-state index contributed by atoms with van der Waals surface area (Å²) in [6, 6.07) is 3.63. The van der Waals surface area contributed by atoms with Crippen LogP contribution in [0.25, 0.3) is 0 Å². The first-order chi connectivity index (χ1) is 10.1. The molecule has 1 saturated heterocycles. The number of hydrogen-bond donors (Lipinski definition) is 2. The zero-order valence-electron chi connectivity index (χ0n) is 12.9. The van der Waals surface area contributed by atoms with Crippen LogP contribution in [0, 0.1) is 5.92 Å². The van der Waals surface area contributed by atoms with E-state index >= 15 is 0 Å². The van der Waals surface area contributed by atoms with Crippen molar-refractivity contribution in [2.75, 3.05) is 25.0 Å². The molecule has 1 aliphatic heterocycles. The SMILES string of the molecule is CCCNc1ncccc1C(=O)N1CCC(C(C)O)CC1. The number of amides is 1. The van der Waals surface area contributed by atoms with Gasteiger partial charge < -0.3 is 15.3 Å². The molecule has 0 spiro atoms. The third-order valence-corrected chi connectivity index (χ3v) is 4.09. The lowest BCUT2D eigenvalue weighted by atomic mass is 9.92. The van der Waals surface area contributed by atoms with Crippen LogP contribution in [0.3, 0.4) is 0 Å². The number of aliphatic hydroxyl groups is 1. The van der Waals surface area contributed by atoms with Crippen LogP contribution in [0.1, 0.15) is 43.5 Å². The van der Waals surface area contributed by atoms with E-state index in [4.69, 9.17) is 0 Å².